The summed E-state index contributed by atoms with van der Waals surface area (Å²) in [4.78, 5) is 16.7. The molecule has 2 aromatic rings. The number of hydrogen-bond donors (Lipinski definition) is 1. The van der Waals surface area contributed by atoms with Gasteiger partial charge in [-0.25, -0.2) is 4.79 Å². The molecule has 1 aliphatic rings. The average molecular weight is 407 g/mol. The van der Waals surface area contributed by atoms with Crippen molar-refractivity contribution in [1.82, 2.24) is 4.90 Å². The van der Waals surface area contributed by atoms with Crippen molar-refractivity contribution < 1.29 is 14.6 Å². The average Bonchev–Trinajstić information content (AvgIpc) is 3.10. The minimum Gasteiger partial charge on any atom is -0.497 e. The number of carbonyl (C=O) groups excluding carboxylic acids is 1. The lowest BCUT2D eigenvalue weighted by atomic mass is 9.97. The van der Waals surface area contributed by atoms with Gasteiger partial charge in [-0.3, -0.25) is 4.90 Å². The van der Waals surface area contributed by atoms with E-state index < -0.39 is 0 Å². The van der Waals surface area contributed by atoms with Gasteiger partial charge in [-0.05, 0) is 59.9 Å². The molecule has 5 nitrogen and oxygen atoms in total. The SMILES string of the molecule is C=C/C(=C\C)c1ccc(N2CC(CO)N(Cc3cccc(OC)c3)C2=O)cc1CC. The van der Waals surface area contributed by atoms with Crippen LogP contribution in [0.1, 0.15) is 30.5 Å². The van der Waals surface area contributed by atoms with Crippen LogP contribution in [0, 0.1) is 0 Å². The number of methoxy groups -OCH3 is 1. The molecular weight excluding hydrogens is 376 g/mol. The maximum absolute atomic E-state index is 13.2. The van der Waals surface area contributed by atoms with Crippen LogP contribution in [0.25, 0.3) is 5.57 Å². The Bertz CT molecular complexity index is 951. The number of anilines is 1. The maximum Gasteiger partial charge on any atom is 0.325 e. The number of rotatable bonds is 8. The predicted molar refractivity (Wildman–Crippen MR) is 122 cm³/mol. The number of carbonyl (C=O) groups is 1. The van der Waals surface area contributed by atoms with Crippen LogP contribution in [-0.4, -0.2) is 42.3 Å². The van der Waals surface area contributed by atoms with Crippen LogP contribution in [0.4, 0.5) is 10.5 Å². The zero-order valence-corrected chi connectivity index (χ0v) is 18.0. The molecule has 1 N–H and O–H groups in total. The van der Waals surface area contributed by atoms with Gasteiger partial charge in [0.15, 0.2) is 0 Å². The summed E-state index contributed by atoms with van der Waals surface area (Å²) in [5, 5.41) is 9.92. The minimum absolute atomic E-state index is 0.0793. The van der Waals surface area contributed by atoms with E-state index >= 15 is 0 Å². The fourth-order valence-electron chi connectivity index (χ4n) is 3.94. The highest BCUT2D eigenvalue weighted by molar-refractivity contribution is 5.95. The summed E-state index contributed by atoms with van der Waals surface area (Å²) in [6.45, 7) is 8.81. The molecule has 0 spiro atoms. The standard InChI is InChI=1S/C25H30N2O3/c1-5-19(6-2)24-12-11-21(14-20(24)7-3)27-16-22(17-28)26(25(27)29)15-18-9-8-10-23(13-18)30-4/h5-6,8-14,22,28H,1,7,15-17H2,2-4H3/b19-6+. The van der Waals surface area contributed by atoms with Gasteiger partial charge in [-0.15, -0.1) is 0 Å². The van der Waals surface area contributed by atoms with Crippen molar-refractivity contribution in [2.45, 2.75) is 32.9 Å². The summed E-state index contributed by atoms with van der Waals surface area (Å²) < 4.78 is 5.29. The molecule has 1 heterocycles. The molecule has 0 aromatic heterocycles. The van der Waals surface area contributed by atoms with Crippen molar-refractivity contribution >= 4 is 17.3 Å². The summed E-state index contributed by atoms with van der Waals surface area (Å²) in [5.74, 6) is 0.752. The van der Waals surface area contributed by atoms with Crippen LogP contribution in [0.5, 0.6) is 5.75 Å². The molecule has 1 aliphatic heterocycles. The molecule has 1 fully saturated rings. The second-order valence-electron chi connectivity index (χ2n) is 7.35. The Balaban J connectivity index is 1.88. The Kier molecular flexibility index (Phi) is 6.95. The molecule has 0 aliphatic carbocycles. The van der Waals surface area contributed by atoms with Gasteiger partial charge in [0.25, 0.3) is 0 Å². The van der Waals surface area contributed by atoms with Crippen molar-refractivity contribution in [3.05, 3.63) is 77.9 Å². The summed E-state index contributed by atoms with van der Waals surface area (Å²) in [7, 11) is 1.62. The van der Waals surface area contributed by atoms with Gasteiger partial charge in [-0.1, -0.05) is 43.9 Å². The molecule has 0 radical (unpaired) electrons. The number of amides is 2. The van der Waals surface area contributed by atoms with Gasteiger partial charge in [-0.2, -0.15) is 0 Å². The molecular formula is C25H30N2O3. The number of benzene rings is 2. The van der Waals surface area contributed by atoms with E-state index in [4.69, 9.17) is 4.74 Å². The third-order valence-electron chi connectivity index (χ3n) is 5.63. The van der Waals surface area contributed by atoms with E-state index in [0.717, 1.165) is 34.6 Å². The fourth-order valence-corrected chi connectivity index (χ4v) is 3.94. The predicted octanol–water partition coefficient (Wildman–Crippen LogP) is 4.65. The van der Waals surface area contributed by atoms with Crippen molar-refractivity contribution in [3.63, 3.8) is 0 Å². The van der Waals surface area contributed by atoms with Gasteiger partial charge in [0.1, 0.15) is 5.75 Å². The summed E-state index contributed by atoms with van der Waals surface area (Å²) >= 11 is 0. The van der Waals surface area contributed by atoms with Gasteiger partial charge >= 0.3 is 6.03 Å². The Labute approximate surface area is 178 Å². The lowest BCUT2D eigenvalue weighted by molar-refractivity contribution is 0.161. The highest BCUT2D eigenvalue weighted by Crippen LogP contribution is 2.30. The highest BCUT2D eigenvalue weighted by Gasteiger charge is 2.37. The normalized spacial score (nSPS) is 16.9. The molecule has 1 atom stereocenters. The number of aliphatic hydroxyl groups is 1. The third-order valence-corrected chi connectivity index (χ3v) is 5.63. The van der Waals surface area contributed by atoms with E-state index in [1.54, 1.807) is 16.9 Å². The molecule has 1 saturated heterocycles. The molecule has 2 amide bonds. The number of aryl methyl sites for hydroxylation is 1. The molecule has 30 heavy (non-hydrogen) atoms. The number of hydrogen-bond acceptors (Lipinski definition) is 3. The van der Waals surface area contributed by atoms with Crippen molar-refractivity contribution in [2.24, 2.45) is 0 Å². The van der Waals surface area contributed by atoms with Gasteiger partial charge < -0.3 is 14.7 Å². The van der Waals surface area contributed by atoms with Crippen LogP contribution in [-0.2, 0) is 13.0 Å². The van der Waals surface area contributed by atoms with Crippen molar-refractivity contribution in [2.75, 3.05) is 25.2 Å². The Morgan fingerprint density at radius 1 is 1.30 bits per heavy atom. The molecule has 2 aromatic carbocycles. The van der Waals surface area contributed by atoms with Crippen LogP contribution < -0.4 is 9.64 Å². The minimum atomic E-state index is -0.257. The number of urea groups is 1. The fraction of sp³-hybridized carbons (Fsp3) is 0.320. The topological polar surface area (TPSA) is 53.0 Å². The molecule has 5 heteroatoms. The third kappa shape index (κ3) is 4.26. The number of nitrogens with zero attached hydrogens (tertiary/aromatic N) is 2. The summed E-state index contributed by atoms with van der Waals surface area (Å²) in [6, 6.07) is 13.4. The Morgan fingerprint density at radius 2 is 2.10 bits per heavy atom. The molecule has 1 unspecified atom stereocenters. The lowest BCUT2D eigenvalue weighted by Crippen LogP contribution is -2.36. The van der Waals surface area contributed by atoms with E-state index in [9.17, 15) is 9.90 Å². The second-order valence-corrected chi connectivity index (χ2v) is 7.35. The van der Waals surface area contributed by atoms with E-state index in [-0.39, 0.29) is 18.7 Å². The monoisotopic (exact) mass is 406 g/mol. The van der Waals surface area contributed by atoms with Crippen LogP contribution in [0.3, 0.4) is 0 Å². The number of allylic oxidation sites excluding steroid dienone is 3. The molecule has 3 rings (SSSR count). The Hall–Kier alpha value is -3.05. The molecule has 0 saturated carbocycles. The summed E-state index contributed by atoms with van der Waals surface area (Å²) in [5.41, 5.74) is 5.21. The second kappa shape index (κ2) is 9.63. The van der Waals surface area contributed by atoms with E-state index in [1.165, 1.54) is 5.56 Å². The summed E-state index contributed by atoms with van der Waals surface area (Å²) in [6.07, 6.45) is 4.75. The van der Waals surface area contributed by atoms with Gasteiger partial charge in [0.2, 0.25) is 0 Å². The number of aliphatic hydroxyl groups excluding tert-OH is 1. The zero-order valence-electron chi connectivity index (χ0n) is 18.0. The largest absolute Gasteiger partial charge is 0.497 e. The first-order valence-electron chi connectivity index (χ1n) is 10.3. The van der Waals surface area contributed by atoms with Crippen molar-refractivity contribution in [3.8, 4) is 5.75 Å². The first-order valence-corrected chi connectivity index (χ1v) is 10.3. The van der Waals surface area contributed by atoms with Crippen LogP contribution in [0.2, 0.25) is 0 Å². The van der Waals surface area contributed by atoms with E-state index in [2.05, 4.69) is 25.6 Å². The lowest BCUT2D eigenvalue weighted by Gasteiger charge is -2.22. The highest BCUT2D eigenvalue weighted by atomic mass is 16.5. The van der Waals surface area contributed by atoms with Crippen LogP contribution >= 0.6 is 0 Å². The zero-order chi connectivity index (χ0) is 21.7. The smallest absolute Gasteiger partial charge is 0.325 e. The van der Waals surface area contributed by atoms with E-state index in [0.29, 0.717) is 13.1 Å². The van der Waals surface area contributed by atoms with Crippen molar-refractivity contribution in [1.29, 1.82) is 0 Å². The number of ether oxygens (including phenoxy) is 1. The maximum atomic E-state index is 13.2. The van der Waals surface area contributed by atoms with E-state index in [1.807, 2.05) is 49.4 Å². The van der Waals surface area contributed by atoms with Gasteiger partial charge in [0, 0.05) is 12.2 Å². The Morgan fingerprint density at radius 3 is 2.73 bits per heavy atom. The van der Waals surface area contributed by atoms with Gasteiger partial charge in [0.05, 0.1) is 26.3 Å². The first-order chi connectivity index (χ1) is 14.6. The first kappa shape index (κ1) is 21.7. The molecule has 158 valence electrons. The van der Waals surface area contributed by atoms with Crippen LogP contribution in [0.15, 0.2) is 61.2 Å². The quantitative estimate of drug-likeness (QED) is 0.649. The molecule has 0 bridgehead atoms.